The van der Waals surface area contributed by atoms with E-state index in [9.17, 15) is 0 Å². The highest BCUT2D eigenvalue weighted by atomic mass is 14.9. The average molecular weight is 265 g/mol. The third-order valence-corrected chi connectivity index (χ3v) is 5.77. The lowest BCUT2D eigenvalue weighted by Gasteiger charge is -2.37. The fourth-order valence-electron chi connectivity index (χ4n) is 4.49. The van der Waals surface area contributed by atoms with Crippen molar-refractivity contribution in [1.82, 2.24) is 5.32 Å². The summed E-state index contributed by atoms with van der Waals surface area (Å²) in [5.41, 5.74) is 0. The van der Waals surface area contributed by atoms with Gasteiger partial charge in [-0.05, 0) is 62.4 Å². The van der Waals surface area contributed by atoms with Crippen molar-refractivity contribution in [1.29, 1.82) is 0 Å². The predicted octanol–water partition coefficient (Wildman–Crippen LogP) is 5.01. The van der Waals surface area contributed by atoms with Crippen LogP contribution in [0.15, 0.2) is 0 Å². The van der Waals surface area contributed by atoms with E-state index >= 15 is 0 Å². The molecule has 1 heteroatoms. The molecule has 0 aliphatic heterocycles. The summed E-state index contributed by atoms with van der Waals surface area (Å²) in [6, 6.07) is 0. The third kappa shape index (κ3) is 4.77. The molecule has 0 spiro atoms. The quantitative estimate of drug-likeness (QED) is 0.638. The molecule has 3 atom stereocenters. The lowest BCUT2D eigenvalue weighted by molar-refractivity contribution is 0.145. The SMILES string of the molecule is CCCNCC1CCC(CC)CC1CC1CCCC1. The molecule has 112 valence electrons. The van der Waals surface area contributed by atoms with Crippen LogP contribution >= 0.6 is 0 Å². The number of hydrogen-bond acceptors (Lipinski definition) is 1. The van der Waals surface area contributed by atoms with Crippen LogP contribution in [0.3, 0.4) is 0 Å². The van der Waals surface area contributed by atoms with E-state index in [1.54, 1.807) is 6.42 Å². The van der Waals surface area contributed by atoms with Gasteiger partial charge in [0.1, 0.15) is 0 Å². The van der Waals surface area contributed by atoms with Gasteiger partial charge in [0.05, 0.1) is 0 Å². The smallest absolute Gasteiger partial charge is 0.00179 e. The Labute approximate surface area is 120 Å². The average Bonchev–Trinajstić information content (AvgIpc) is 2.93. The van der Waals surface area contributed by atoms with Crippen molar-refractivity contribution < 1.29 is 0 Å². The molecular weight excluding hydrogens is 230 g/mol. The maximum absolute atomic E-state index is 3.69. The molecule has 19 heavy (non-hydrogen) atoms. The van der Waals surface area contributed by atoms with Gasteiger partial charge in [0, 0.05) is 0 Å². The fourth-order valence-corrected chi connectivity index (χ4v) is 4.49. The zero-order chi connectivity index (χ0) is 13.5. The lowest BCUT2D eigenvalue weighted by atomic mass is 9.70. The van der Waals surface area contributed by atoms with Gasteiger partial charge in [-0.15, -0.1) is 0 Å². The summed E-state index contributed by atoms with van der Waals surface area (Å²) in [4.78, 5) is 0. The van der Waals surface area contributed by atoms with Crippen molar-refractivity contribution in [3.63, 3.8) is 0 Å². The Balaban J connectivity index is 1.82. The first-order valence-electron chi connectivity index (χ1n) is 9.04. The van der Waals surface area contributed by atoms with Crippen molar-refractivity contribution in [2.24, 2.45) is 23.7 Å². The Morgan fingerprint density at radius 1 is 0.895 bits per heavy atom. The summed E-state index contributed by atoms with van der Waals surface area (Å²) in [6.07, 6.45) is 14.8. The van der Waals surface area contributed by atoms with Gasteiger partial charge in [-0.25, -0.2) is 0 Å². The first-order valence-corrected chi connectivity index (χ1v) is 9.04. The Morgan fingerprint density at radius 2 is 1.68 bits per heavy atom. The summed E-state index contributed by atoms with van der Waals surface area (Å²) in [5, 5.41) is 3.69. The van der Waals surface area contributed by atoms with Crippen molar-refractivity contribution in [2.75, 3.05) is 13.1 Å². The molecule has 0 bridgehead atoms. The number of hydrogen-bond donors (Lipinski definition) is 1. The highest BCUT2D eigenvalue weighted by Gasteiger charge is 2.31. The molecule has 0 aromatic heterocycles. The van der Waals surface area contributed by atoms with Gasteiger partial charge < -0.3 is 5.32 Å². The molecule has 2 saturated carbocycles. The zero-order valence-electron chi connectivity index (χ0n) is 13.3. The van der Waals surface area contributed by atoms with E-state index in [-0.39, 0.29) is 0 Å². The Morgan fingerprint density at radius 3 is 2.37 bits per heavy atom. The highest BCUT2D eigenvalue weighted by molar-refractivity contribution is 4.84. The summed E-state index contributed by atoms with van der Waals surface area (Å²) >= 11 is 0. The summed E-state index contributed by atoms with van der Waals surface area (Å²) in [5.74, 6) is 4.13. The fraction of sp³-hybridized carbons (Fsp3) is 1.00. The minimum Gasteiger partial charge on any atom is -0.316 e. The second-order valence-corrected chi connectivity index (χ2v) is 7.20. The molecule has 2 fully saturated rings. The second kappa shape index (κ2) is 8.29. The van der Waals surface area contributed by atoms with Gasteiger partial charge in [-0.3, -0.25) is 0 Å². The van der Waals surface area contributed by atoms with E-state index in [0.717, 1.165) is 23.7 Å². The lowest BCUT2D eigenvalue weighted by Crippen LogP contribution is -2.34. The molecule has 1 nitrogen and oxygen atoms in total. The molecular formula is C18H35N. The van der Waals surface area contributed by atoms with Crippen LogP contribution in [-0.4, -0.2) is 13.1 Å². The zero-order valence-corrected chi connectivity index (χ0v) is 13.3. The minimum absolute atomic E-state index is 0.981. The van der Waals surface area contributed by atoms with Crippen LogP contribution in [0.2, 0.25) is 0 Å². The van der Waals surface area contributed by atoms with Crippen molar-refractivity contribution in [3.8, 4) is 0 Å². The molecule has 0 aromatic carbocycles. The molecule has 0 heterocycles. The van der Waals surface area contributed by atoms with E-state index in [1.807, 2.05) is 0 Å². The third-order valence-electron chi connectivity index (χ3n) is 5.77. The van der Waals surface area contributed by atoms with Crippen LogP contribution in [0.1, 0.15) is 78.1 Å². The second-order valence-electron chi connectivity index (χ2n) is 7.20. The summed E-state index contributed by atoms with van der Waals surface area (Å²) < 4.78 is 0. The summed E-state index contributed by atoms with van der Waals surface area (Å²) in [7, 11) is 0. The van der Waals surface area contributed by atoms with Gasteiger partial charge in [0.15, 0.2) is 0 Å². The predicted molar refractivity (Wildman–Crippen MR) is 84.3 cm³/mol. The first kappa shape index (κ1) is 15.4. The molecule has 0 saturated heterocycles. The maximum atomic E-state index is 3.69. The van der Waals surface area contributed by atoms with Gasteiger partial charge in [0.25, 0.3) is 0 Å². The van der Waals surface area contributed by atoms with Gasteiger partial charge in [-0.1, -0.05) is 52.4 Å². The van der Waals surface area contributed by atoms with Gasteiger partial charge >= 0.3 is 0 Å². The molecule has 2 rings (SSSR count). The van der Waals surface area contributed by atoms with Crippen LogP contribution in [0.5, 0.6) is 0 Å². The molecule has 3 unspecified atom stereocenters. The molecule has 0 amide bonds. The topological polar surface area (TPSA) is 12.0 Å². The normalized spacial score (nSPS) is 32.8. The van der Waals surface area contributed by atoms with Crippen molar-refractivity contribution >= 4 is 0 Å². The van der Waals surface area contributed by atoms with E-state index in [2.05, 4.69) is 19.2 Å². The monoisotopic (exact) mass is 265 g/mol. The molecule has 1 N–H and O–H groups in total. The molecule has 2 aliphatic carbocycles. The van der Waals surface area contributed by atoms with Crippen molar-refractivity contribution in [3.05, 3.63) is 0 Å². The summed E-state index contributed by atoms with van der Waals surface area (Å²) in [6.45, 7) is 7.18. The Bertz CT molecular complexity index is 230. The molecule has 0 radical (unpaired) electrons. The van der Waals surface area contributed by atoms with E-state index in [1.165, 1.54) is 70.9 Å². The highest BCUT2D eigenvalue weighted by Crippen LogP contribution is 2.41. The standard InChI is InChI=1S/C18H35N/c1-3-11-19-14-17-10-9-15(4-2)12-18(17)13-16-7-5-6-8-16/h15-19H,3-14H2,1-2H3. The number of rotatable bonds is 7. The number of nitrogens with one attached hydrogen (secondary N) is 1. The van der Waals surface area contributed by atoms with E-state index in [4.69, 9.17) is 0 Å². The minimum atomic E-state index is 0.981. The van der Waals surface area contributed by atoms with Crippen LogP contribution in [0.25, 0.3) is 0 Å². The van der Waals surface area contributed by atoms with Gasteiger partial charge in [-0.2, -0.15) is 0 Å². The Hall–Kier alpha value is -0.0400. The van der Waals surface area contributed by atoms with E-state index < -0.39 is 0 Å². The molecule has 0 aromatic rings. The largest absolute Gasteiger partial charge is 0.316 e. The first-order chi connectivity index (χ1) is 9.33. The van der Waals surface area contributed by atoms with E-state index in [0.29, 0.717) is 0 Å². The maximum Gasteiger partial charge on any atom is -0.00179 e. The Kier molecular flexibility index (Phi) is 6.70. The van der Waals surface area contributed by atoms with Crippen LogP contribution in [0, 0.1) is 23.7 Å². The van der Waals surface area contributed by atoms with Crippen LogP contribution in [-0.2, 0) is 0 Å². The molecule has 2 aliphatic rings. The van der Waals surface area contributed by atoms with Crippen LogP contribution < -0.4 is 5.32 Å². The van der Waals surface area contributed by atoms with Gasteiger partial charge in [0.2, 0.25) is 0 Å². The van der Waals surface area contributed by atoms with Crippen LogP contribution in [0.4, 0.5) is 0 Å². The van der Waals surface area contributed by atoms with Crippen molar-refractivity contribution in [2.45, 2.75) is 78.1 Å².